The number of carbonyl (C=O) groups excluding carboxylic acids is 1. The van der Waals surface area contributed by atoms with E-state index in [9.17, 15) is 9.90 Å². The Morgan fingerprint density at radius 2 is 2.10 bits per heavy atom. The third-order valence-corrected chi connectivity index (χ3v) is 3.12. The van der Waals surface area contributed by atoms with Crippen molar-refractivity contribution in [2.45, 2.75) is 47.5 Å². The van der Waals surface area contributed by atoms with Crippen LogP contribution >= 0.6 is 0 Å². The Balaban J connectivity index is 2.52. The predicted molar refractivity (Wildman–Crippen MR) is 71.3 cm³/mol. The number of aliphatic hydroxyl groups excluding tert-OH is 1. The van der Waals surface area contributed by atoms with Gasteiger partial charge in [0.25, 0.3) is 5.89 Å². The van der Waals surface area contributed by atoms with Crippen molar-refractivity contribution in [3.05, 3.63) is 11.8 Å². The summed E-state index contributed by atoms with van der Waals surface area (Å²) in [5.74, 6) is -0.00491. The van der Waals surface area contributed by atoms with Crippen molar-refractivity contribution in [1.29, 1.82) is 0 Å². The van der Waals surface area contributed by atoms with Crippen LogP contribution in [0.25, 0.3) is 0 Å². The number of aliphatic hydroxyl groups is 1. The zero-order valence-corrected chi connectivity index (χ0v) is 12.6. The van der Waals surface area contributed by atoms with Gasteiger partial charge in [0.2, 0.25) is 18.1 Å². The maximum Gasteiger partial charge on any atom is 0.272 e. The number of carbonyl (C=O) groups is 1. The van der Waals surface area contributed by atoms with Gasteiger partial charge in [0.05, 0.1) is 6.54 Å². The topological polar surface area (TPSA) is 97.5 Å². The second kappa shape index (κ2) is 6.81. The van der Waals surface area contributed by atoms with Gasteiger partial charge in [-0.25, -0.2) is 0 Å². The van der Waals surface area contributed by atoms with Gasteiger partial charge in [-0.05, 0) is 12.3 Å². The molecule has 7 nitrogen and oxygen atoms in total. The molecule has 2 N–H and O–H groups in total. The normalized spacial score (nSPS) is 14.9. The third kappa shape index (κ3) is 4.57. The van der Waals surface area contributed by atoms with E-state index in [0.717, 1.165) is 0 Å². The van der Waals surface area contributed by atoms with Gasteiger partial charge < -0.3 is 19.6 Å². The molecule has 0 aliphatic rings. The quantitative estimate of drug-likeness (QED) is 0.767. The maximum atomic E-state index is 11.9. The lowest BCUT2D eigenvalue weighted by atomic mass is 9.81. The molecule has 0 saturated carbocycles. The summed E-state index contributed by atoms with van der Waals surface area (Å²) >= 11 is 0. The Kier molecular flexibility index (Phi) is 5.64. The SMILES string of the molecule is CCOC(O)c1nnc(CNC(=O)C(C)C(C)(C)C)o1. The average Bonchev–Trinajstić information content (AvgIpc) is 2.83. The highest BCUT2D eigenvalue weighted by atomic mass is 16.6. The molecule has 1 aromatic rings. The lowest BCUT2D eigenvalue weighted by Gasteiger charge is -2.25. The fourth-order valence-corrected chi connectivity index (χ4v) is 1.38. The minimum Gasteiger partial charge on any atom is -0.418 e. The first-order chi connectivity index (χ1) is 9.25. The van der Waals surface area contributed by atoms with Crippen molar-refractivity contribution in [2.24, 2.45) is 11.3 Å². The molecule has 0 aliphatic carbocycles. The zero-order chi connectivity index (χ0) is 15.3. The van der Waals surface area contributed by atoms with E-state index in [1.165, 1.54) is 0 Å². The van der Waals surface area contributed by atoms with E-state index in [1.54, 1.807) is 6.92 Å². The Morgan fingerprint density at radius 3 is 2.65 bits per heavy atom. The smallest absolute Gasteiger partial charge is 0.272 e. The fourth-order valence-electron chi connectivity index (χ4n) is 1.38. The standard InChI is InChI=1S/C13H23N3O4/c1-6-19-12(18)11-16-15-9(20-11)7-14-10(17)8(2)13(3,4)5/h8,12,18H,6-7H2,1-5H3,(H,14,17). The molecular weight excluding hydrogens is 262 g/mol. The minimum absolute atomic E-state index is 0.0139. The fraction of sp³-hybridized carbons (Fsp3) is 0.769. The van der Waals surface area contributed by atoms with Crippen LogP contribution in [0, 0.1) is 11.3 Å². The number of rotatable bonds is 6. The van der Waals surface area contributed by atoms with Gasteiger partial charge >= 0.3 is 0 Å². The molecule has 114 valence electrons. The molecule has 0 fully saturated rings. The summed E-state index contributed by atoms with van der Waals surface area (Å²) in [4.78, 5) is 11.9. The highest BCUT2D eigenvalue weighted by Crippen LogP contribution is 2.25. The first-order valence-electron chi connectivity index (χ1n) is 6.65. The lowest BCUT2D eigenvalue weighted by Crippen LogP contribution is -2.35. The van der Waals surface area contributed by atoms with Crippen LogP contribution in [0.5, 0.6) is 0 Å². The summed E-state index contributed by atoms with van der Waals surface area (Å²) in [5, 5.41) is 19.6. The molecule has 1 heterocycles. The molecule has 0 spiro atoms. The molecule has 20 heavy (non-hydrogen) atoms. The van der Waals surface area contributed by atoms with E-state index < -0.39 is 6.29 Å². The van der Waals surface area contributed by atoms with Crippen LogP contribution in [0.2, 0.25) is 0 Å². The molecule has 0 aromatic carbocycles. The van der Waals surface area contributed by atoms with Gasteiger partial charge in [0, 0.05) is 12.5 Å². The van der Waals surface area contributed by atoms with Crippen LogP contribution < -0.4 is 5.32 Å². The summed E-state index contributed by atoms with van der Waals surface area (Å²) in [6, 6.07) is 0. The van der Waals surface area contributed by atoms with E-state index in [0.29, 0.717) is 6.61 Å². The van der Waals surface area contributed by atoms with Crippen LogP contribution in [0.1, 0.15) is 52.7 Å². The van der Waals surface area contributed by atoms with Crippen LogP contribution in [0.3, 0.4) is 0 Å². The first kappa shape index (κ1) is 16.6. The van der Waals surface area contributed by atoms with E-state index in [1.807, 2.05) is 27.7 Å². The van der Waals surface area contributed by atoms with Crippen LogP contribution in [-0.4, -0.2) is 27.8 Å². The monoisotopic (exact) mass is 285 g/mol. The second-order valence-electron chi connectivity index (χ2n) is 5.65. The summed E-state index contributed by atoms with van der Waals surface area (Å²) in [6.45, 7) is 10.1. The number of aromatic nitrogens is 2. The number of nitrogens with zero attached hydrogens (tertiary/aromatic N) is 2. The molecule has 0 bridgehead atoms. The van der Waals surface area contributed by atoms with Crippen molar-refractivity contribution in [2.75, 3.05) is 6.61 Å². The summed E-state index contributed by atoms with van der Waals surface area (Å²) < 4.78 is 10.1. The van der Waals surface area contributed by atoms with E-state index in [2.05, 4.69) is 15.5 Å². The third-order valence-electron chi connectivity index (χ3n) is 3.12. The van der Waals surface area contributed by atoms with Gasteiger partial charge in [0.15, 0.2) is 0 Å². The summed E-state index contributed by atoms with van der Waals surface area (Å²) in [6.07, 6.45) is -1.23. The number of amides is 1. The lowest BCUT2D eigenvalue weighted by molar-refractivity contribution is -0.127. The van der Waals surface area contributed by atoms with Gasteiger partial charge in [-0.3, -0.25) is 4.79 Å². The first-order valence-corrected chi connectivity index (χ1v) is 6.65. The molecule has 7 heteroatoms. The molecule has 1 aromatic heterocycles. The van der Waals surface area contributed by atoms with Crippen LogP contribution in [0.4, 0.5) is 0 Å². The summed E-state index contributed by atoms with van der Waals surface area (Å²) in [7, 11) is 0. The molecule has 2 unspecified atom stereocenters. The number of hydrogen-bond acceptors (Lipinski definition) is 6. The summed E-state index contributed by atoms with van der Waals surface area (Å²) in [5.41, 5.74) is -0.116. The second-order valence-corrected chi connectivity index (χ2v) is 5.65. The van der Waals surface area contributed by atoms with Crippen molar-refractivity contribution in [1.82, 2.24) is 15.5 Å². The van der Waals surface area contributed by atoms with Crippen molar-refractivity contribution in [3.8, 4) is 0 Å². The molecular formula is C13H23N3O4. The number of nitrogens with one attached hydrogen (secondary N) is 1. The van der Waals surface area contributed by atoms with E-state index in [4.69, 9.17) is 9.15 Å². The molecule has 1 amide bonds. The van der Waals surface area contributed by atoms with Crippen LogP contribution in [-0.2, 0) is 16.1 Å². The average molecular weight is 285 g/mol. The zero-order valence-electron chi connectivity index (χ0n) is 12.6. The Morgan fingerprint density at radius 1 is 1.45 bits per heavy atom. The largest absolute Gasteiger partial charge is 0.418 e. The van der Waals surface area contributed by atoms with Gasteiger partial charge in [-0.1, -0.05) is 27.7 Å². The molecule has 1 rings (SSSR count). The molecule has 0 aliphatic heterocycles. The van der Waals surface area contributed by atoms with Gasteiger partial charge in [-0.2, -0.15) is 0 Å². The number of hydrogen-bond donors (Lipinski definition) is 2. The van der Waals surface area contributed by atoms with Gasteiger partial charge in [0.1, 0.15) is 0 Å². The van der Waals surface area contributed by atoms with E-state index in [-0.39, 0.29) is 35.6 Å². The predicted octanol–water partition coefficient (Wildman–Crippen LogP) is 1.40. The van der Waals surface area contributed by atoms with Crippen molar-refractivity contribution >= 4 is 5.91 Å². The maximum absolute atomic E-state index is 11.9. The van der Waals surface area contributed by atoms with Crippen molar-refractivity contribution in [3.63, 3.8) is 0 Å². The molecule has 0 radical (unpaired) electrons. The Hall–Kier alpha value is -1.47. The molecule has 0 saturated heterocycles. The van der Waals surface area contributed by atoms with Crippen molar-refractivity contribution < 1.29 is 19.1 Å². The van der Waals surface area contributed by atoms with Gasteiger partial charge in [-0.15, -0.1) is 10.2 Å². The Bertz CT molecular complexity index is 439. The number of ether oxygens (including phenoxy) is 1. The molecule has 2 atom stereocenters. The van der Waals surface area contributed by atoms with E-state index >= 15 is 0 Å². The Labute approximate surface area is 118 Å². The highest BCUT2D eigenvalue weighted by Gasteiger charge is 2.26. The minimum atomic E-state index is -1.23. The highest BCUT2D eigenvalue weighted by molar-refractivity contribution is 5.78. The van der Waals surface area contributed by atoms with Crippen LogP contribution in [0.15, 0.2) is 4.42 Å².